The van der Waals surface area contributed by atoms with Crippen LogP contribution in [-0.4, -0.2) is 12.0 Å². The Morgan fingerprint density at radius 3 is 2.59 bits per heavy atom. The van der Waals surface area contributed by atoms with Crippen LogP contribution in [0.3, 0.4) is 0 Å². The summed E-state index contributed by atoms with van der Waals surface area (Å²) >= 11 is 0. The third kappa shape index (κ3) is 4.29. The fraction of sp³-hybridized carbons (Fsp3) is 0.346. The monoisotopic (exact) mass is 387 g/mol. The molecule has 0 aromatic heterocycles. The van der Waals surface area contributed by atoms with Crippen LogP contribution in [-0.2, 0) is 17.6 Å². The lowest BCUT2D eigenvalue weighted by atomic mass is 9.89. The van der Waals surface area contributed by atoms with E-state index in [9.17, 15) is 4.79 Å². The Labute approximate surface area is 173 Å². The van der Waals surface area contributed by atoms with Crippen molar-refractivity contribution in [1.29, 1.82) is 0 Å². The summed E-state index contributed by atoms with van der Waals surface area (Å²) in [5, 5.41) is 5.33. The number of aryl methyl sites for hydroxylation is 2. The van der Waals surface area contributed by atoms with Crippen molar-refractivity contribution in [1.82, 2.24) is 5.32 Å². The molecule has 0 aliphatic heterocycles. The molecule has 3 aromatic carbocycles. The quantitative estimate of drug-likeness (QED) is 0.584. The number of carbonyl (C=O) groups excluding carboxylic acids is 1. The van der Waals surface area contributed by atoms with Gasteiger partial charge in [0.25, 0.3) is 5.91 Å². The molecular formula is C26H29NO2. The van der Waals surface area contributed by atoms with E-state index in [2.05, 4.69) is 42.6 Å². The van der Waals surface area contributed by atoms with Gasteiger partial charge in [0.15, 0.2) is 6.10 Å². The number of fused-ring (bicyclic) bond motifs is 2. The van der Waals surface area contributed by atoms with E-state index in [1.54, 1.807) is 0 Å². The predicted molar refractivity (Wildman–Crippen MR) is 118 cm³/mol. The summed E-state index contributed by atoms with van der Waals surface area (Å²) < 4.78 is 6.05. The molecule has 0 spiro atoms. The lowest BCUT2D eigenvalue weighted by Gasteiger charge is -2.23. The lowest BCUT2D eigenvalue weighted by Crippen LogP contribution is -2.38. The molecule has 1 N–H and O–H groups in total. The number of ether oxygens (including phenoxy) is 1. The molecule has 0 heterocycles. The van der Waals surface area contributed by atoms with Gasteiger partial charge in [-0.05, 0) is 67.2 Å². The Morgan fingerprint density at radius 2 is 1.76 bits per heavy atom. The Bertz CT molecular complexity index is 1010. The van der Waals surface area contributed by atoms with Gasteiger partial charge in [0, 0.05) is 5.39 Å². The first kappa shape index (κ1) is 19.5. The van der Waals surface area contributed by atoms with Crippen LogP contribution in [0, 0.1) is 0 Å². The maximum absolute atomic E-state index is 12.9. The summed E-state index contributed by atoms with van der Waals surface area (Å²) in [6.45, 7) is 3.93. The van der Waals surface area contributed by atoms with Crippen LogP contribution in [0.1, 0.15) is 55.8 Å². The van der Waals surface area contributed by atoms with E-state index >= 15 is 0 Å². The highest BCUT2D eigenvalue weighted by molar-refractivity contribution is 5.89. The standard InChI is InChI=1S/C26H29NO2/c1-3-24(22-16-15-19-9-4-5-11-21(19)17-22)27-26(28)18(2)29-25-14-8-12-20-10-6-7-13-23(20)25/h6-8,10,12-18,24H,3-5,9,11H2,1-2H3,(H,27,28)/t18-,24+/m0/s1. The van der Waals surface area contributed by atoms with Crippen LogP contribution in [0.5, 0.6) is 5.75 Å². The SMILES string of the molecule is CC[C@@H](NC(=O)[C@H](C)Oc1cccc2ccccc12)c1ccc2c(c1)CCCC2. The third-order valence-electron chi connectivity index (χ3n) is 5.92. The molecule has 1 aliphatic rings. The van der Waals surface area contributed by atoms with Gasteiger partial charge in [0.05, 0.1) is 6.04 Å². The summed E-state index contributed by atoms with van der Waals surface area (Å²) in [5.41, 5.74) is 4.11. The minimum atomic E-state index is -0.563. The number of nitrogens with one attached hydrogen (secondary N) is 1. The van der Waals surface area contributed by atoms with Crippen molar-refractivity contribution in [3.63, 3.8) is 0 Å². The zero-order chi connectivity index (χ0) is 20.2. The molecule has 0 saturated heterocycles. The van der Waals surface area contributed by atoms with Gasteiger partial charge in [0.2, 0.25) is 0 Å². The number of hydrogen-bond donors (Lipinski definition) is 1. The first-order valence-electron chi connectivity index (χ1n) is 10.7. The second kappa shape index (κ2) is 8.69. The largest absolute Gasteiger partial charge is 0.480 e. The smallest absolute Gasteiger partial charge is 0.261 e. The molecule has 1 aliphatic carbocycles. The van der Waals surface area contributed by atoms with Crippen molar-refractivity contribution in [2.24, 2.45) is 0 Å². The van der Waals surface area contributed by atoms with E-state index in [4.69, 9.17) is 4.74 Å². The molecule has 150 valence electrons. The molecular weight excluding hydrogens is 358 g/mol. The number of rotatable bonds is 6. The first-order chi connectivity index (χ1) is 14.2. The Balaban J connectivity index is 1.47. The molecule has 0 radical (unpaired) electrons. The summed E-state index contributed by atoms with van der Waals surface area (Å²) in [6.07, 6.45) is 5.15. The van der Waals surface area contributed by atoms with Gasteiger partial charge in [0.1, 0.15) is 5.75 Å². The number of carbonyl (C=O) groups is 1. The van der Waals surface area contributed by atoms with Crippen molar-refractivity contribution >= 4 is 16.7 Å². The summed E-state index contributed by atoms with van der Waals surface area (Å²) in [4.78, 5) is 12.9. The van der Waals surface area contributed by atoms with Gasteiger partial charge in [-0.3, -0.25) is 4.79 Å². The maximum atomic E-state index is 12.9. The first-order valence-corrected chi connectivity index (χ1v) is 10.7. The molecule has 0 saturated carbocycles. The van der Waals surface area contributed by atoms with E-state index in [1.165, 1.54) is 36.0 Å². The van der Waals surface area contributed by atoms with E-state index in [0.29, 0.717) is 0 Å². The second-order valence-electron chi connectivity index (χ2n) is 7.94. The lowest BCUT2D eigenvalue weighted by molar-refractivity contribution is -0.128. The molecule has 3 nitrogen and oxygen atoms in total. The Hall–Kier alpha value is -2.81. The minimum Gasteiger partial charge on any atom is -0.480 e. The Kier molecular flexibility index (Phi) is 5.84. The van der Waals surface area contributed by atoms with Gasteiger partial charge in [-0.1, -0.05) is 61.5 Å². The summed E-state index contributed by atoms with van der Waals surface area (Å²) in [5.74, 6) is 0.662. The average molecular weight is 388 g/mol. The molecule has 1 amide bonds. The number of hydrogen-bond acceptors (Lipinski definition) is 2. The van der Waals surface area contributed by atoms with Crippen molar-refractivity contribution in [3.05, 3.63) is 77.4 Å². The van der Waals surface area contributed by atoms with Gasteiger partial charge in [-0.2, -0.15) is 0 Å². The Morgan fingerprint density at radius 1 is 1.00 bits per heavy atom. The van der Waals surface area contributed by atoms with Crippen molar-refractivity contribution in [2.45, 2.75) is 58.1 Å². The zero-order valence-corrected chi connectivity index (χ0v) is 17.3. The number of benzene rings is 3. The molecule has 0 fully saturated rings. The highest BCUT2D eigenvalue weighted by Crippen LogP contribution is 2.28. The van der Waals surface area contributed by atoms with Gasteiger partial charge < -0.3 is 10.1 Å². The van der Waals surface area contributed by atoms with Crippen LogP contribution >= 0.6 is 0 Å². The molecule has 2 atom stereocenters. The highest BCUT2D eigenvalue weighted by Gasteiger charge is 2.21. The maximum Gasteiger partial charge on any atom is 0.261 e. The molecule has 0 bridgehead atoms. The van der Waals surface area contributed by atoms with Crippen molar-refractivity contribution < 1.29 is 9.53 Å². The zero-order valence-electron chi connectivity index (χ0n) is 17.3. The van der Waals surface area contributed by atoms with E-state index < -0.39 is 6.10 Å². The van der Waals surface area contributed by atoms with Gasteiger partial charge in [-0.25, -0.2) is 0 Å². The van der Waals surface area contributed by atoms with Crippen molar-refractivity contribution in [3.8, 4) is 5.75 Å². The fourth-order valence-corrected chi connectivity index (χ4v) is 4.22. The van der Waals surface area contributed by atoms with E-state index in [1.807, 2.05) is 37.3 Å². The van der Waals surface area contributed by atoms with E-state index in [0.717, 1.165) is 29.4 Å². The molecule has 3 aromatic rings. The molecule has 3 heteroatoms. The fourth-order valence-electron chi connectivity index (χ4n) is 4.22. The minimum absolute atomic E-state index is 0.00768. The van der Waals surface area contributed by atoms with Crippen LogP contribution in [0.2, 0.25) is 0 Å². The van der Waals surface area contributed by atoms with Crippen LogP contribution in [0.15, 0.2) is 60.7 Å². The van der Waals surface area contributed by atoms with Gasteiger partial charge >= 0.3 is 0 Å². The van der Waals surface area contributed by atoms with Gasteiger partial charge in [-0.15, -0.1) is 0 Å². The average Bonchev–Trinajstić information content (AvgIpc) is 2.77. The summed E-state index contributed by atoms with van der Waals surface area (Å²) in [7, 11) is 0. The van der Waals surface area contributed by atoms with Crippen LogP contribution in [0.25, 0.3) is 10.8 Å². The second-order valence-corrected chi connectivity index (χ2v) is 7.94. The molecule has 4 rings (SSSR count). The van der Waals surface area contributed by atoms with Crippen LogP contribution < -0.4 is 10.1 Å². The van der Waals surface area contributed by atoms with Crippen molar-refractivity contribution in [2.75, 3.05) is 0 Å². The highest BCUT2D eigenvalue weighted by atomic mass is 16.5. The predicted octanol–water partition coefficient (Wildman–Crippen LogP) is 5.75. The third-order valence-corrected chi connectivity index (χ3v) is 5.92. The summed E-state index contributed by atoms with van der Waals surface area (Å²) in [6, 6.07) is 20.7. The topological polar surface area (TPSA) is 38.3 Å². The number of amides is 1. The normalized spacial score (nSPS) is 15.4. The van der Waals surface area contributed by atoms with E-state index in [-0.39, 0.29) is 11.9 Å². The molecule has 29 heavy (non-hydrogen) atoms. The molecule has 0 unspecified atom stereocenters. The van der Waals surface area contributed by atoms with Crippen LogP contribution in [0.4, 0.5) is 0 Å².